The molecule has 0 unspecified atom stereocenters. The zero-order valence-electron chi connectivity index (χ0n) is 7.92. The predicted octanol–water partition coefficient (Wildman–Crippen LogP) is 1.77. The van der Waals surface area contributed by atoms with E-state index in [0.29, 0.717) is 17.3 Å². The van der Waals surface area contributed by atoms with Crippen LogP contribution in [0.5, 0.6) is 0 Å². The first-order valence-corrected chi connectivity index (χ1v) is 7.34. The van der Waals surface area contributed by atoms with Gasteiger partial charge in [-0.2, -0.15) is 0 Å². The van der Waals surface area contributed by atoms with Crippen LogP contribution in [0.15, 0.2) is 12.1 Å². The van der Waals surface area contributed by atoms with Gasteiger partial charge in [-0.3, -0.25) is 4.72 Å². The van der Waals surface area contributed by atoms with E-state index in [9.17, 15) is 8.42 Å². The van der Waals surface area contributed by atoms with Gasteiger partial charge >= 0.3 is 0 Å². The summed E-state index contributed by atoms with van der Waals surface area (Å²) in [5.74, 6) is 0. The minimum atomic E-state index is -3.31. The van der Waals surface area contributed by atoms with Crippen molar-refractivity contribution in [1.29, 1.82) is 0 Å². The zero-order chi connectivity index (χ0) is 11.6. The average Bonchev–Trinajstić information content (AvgIpc) is 2.09. The van der Waals surface area contributed by atoms with Crippen LogP contribution in [-0.4, -0.2) is 14.7 Å². The number of hydrogen-bond acceptors (Lipinski definition) is 3. The van der Waals surface area contributed by atoms with Crippen molar-refractivity contribution in [3.05, 3.63) is 26.3 Å². The molecule has 1 aromatic rings. The molecule has 0 saturated heterocycles. The first kappa shape index (κ1) is 13.0. The Morgan fingerprint density at radius 1 is 1.53 bits per heavy atom. The fourth-order valence-electron chi connectivity index (χ4n) is 1.03. The van der Waals surface area contributed by atoms with Gasteiger partial charge in [-0.1, -0.05) is 11.6 Å². The Morgan fingerprint density at radius 2 is 2.13 bits per heavy atom. The SMILES string of the molecule is CS(=O)(=O)Nc1c(Cl)cc(CN)cc1I. The summed E-state index contributed by atoms with van der Waals surface area (Å²) in [6.07, 6.45) is 1.08. The first-order valence-electron chi connectivity index (χ1n) is 3.99. The van der Waals surface area contributed by atoms with Gasteiger partial charge in [0, 0.05) is 10.1 Å². The number of rotatable bonds is 3. The van der Waals surface area contributed by atoms with E-state index in [1.165, 1.54) is 0 Å². The monoisotopic (exact) mass is 360 g/mol. The smallest absolute Gasteiger partial charge is 0.229 e. The summed E-state index contributed by atoms with van der Waals surface area (Å²) < 4.78 is 25.2. The van der Waals surface area contributed by atoms with Crippen LogP contribution < -0.4 is 10.5 Å². The van der Waals surface area contributed by atoms with E-state index in [1.54, 1.807) is 12.1 Å². The van der Waals surface area contributed by atoms with Crippen LogP contribution in [0.2, 0.25) is 5.02 Å². The molecule has 0 spiro atoms. The Balaban J connectivity index is 3.20. The van der Waals surface area contributed by atoms with Crippen LogP contribution in [0.4, 0.5) is 5.69 Å². The quantitative estimate of drug-likeness (QED) is 0.807. The van der Waals surface area contributed by atoms with Crippen LogP contribution in [0.25, 0.3) is 0 Å². The minimum absolute atomic E-state index is 0.354. The topological polar surface area (TPSA) is 72.2 Å². The highest BCUT2D eigenvalue weighted by atomic mass is 127. The lowest BCUT2D eigenvalue weighted by atomic mass is 10.2. The van der Waals surface area contributed by atoms with Crippen molar-refractivity contribution in [2.45, 2.75) is 6.54 Å². The van der Waals surface area contributed by atoms with Crippen LogP contribution in [0.3, 0.4) is 0 Å². The van der Waals surface area contributed by atoms with Gasteiger partial charge in [-0.25, -0.2) is 8.42 Å². The molecular weight excluding hydrogens is 351 g/mol. The van der Waals surface area contributed by atoms with Gasteiger partial charge in [-0.05, 0) is 40.3 Å². The van der Waals surface area contributed by atoms with Crippen molar-refractivity contribution in [2.75, 3.05) is 11.0 Å². The van der Waals surface area contributed by atoms with Crippen molar-refractivity contribution >= 4 is 49.9 Å². The molecule has 0 aromatic heterocycles. The van der Waals surface area contributed by atoms with Crippen LogP contribution in [-0.2, 0) is 16.6 Å². The van der Waals surface area contributed by atoms with Crippen molar-refractivity contribution in [1.82, 2.24) is 0 Å². The standard InChI is InChI=1S/C8H10ClIN2O2S/c1-15(13,14)12-8-6(9)2-5(4-11)3-7(8)10/h2-3,12H,4,11H2,1H3. The fourth-order valence-corrected chi connectivity index (χ4v) is 3.13. The minimum Gasteiger partial charge on any atom is -0.326 e. The molecule has 0 saturated carbocycles. The molecule has 0 amide bonds. The third kappa shape index (κ3) is 3.78. The highest BCUT2D eigenvalue weighted by Gasteiger charge is 2.11. The third-order valence-corrected chi connectivity index (χ3v) is 3.35. The maximum atomic E-state index is 11.1. The highest BCUT2D eigenvalue weighted by Crippen LogP contribution is 2.29. The maximum absolute atomic E-state index is 11.1. The second-order valence-corrected chi connectivity index (χ2v) is 6.33. The summed E-state index contributed by atoms with van der Waals surface area (Å²) in [5.41, 5.74) is 6.73. The van der Waals surface area contributed by atoms with Crippen molar-refractivity contribution in [3.8, 4) is 0 Å². The van der Waals surface area contributed by atoms with Gasteiger partial charge in [0.25, 0.3) is 0 Å². The van der Waals surface area contributed by atoms with Crippen molar-refractivity contribution < 1.29 is 8.42 Å². The van der Waals surface area contributed by atoms with Crippen LogP contribution in [0, 0.1) is 3.57 Å². The van der Waals surface area contributed by atoms with Crippen LogP contribution in [0.1, 0.15) is 5.56 Å². The van der Waals surface area contributed by atoms with Crippen molar-refractivity contribution in [2.24, 2.45) is 5.73 Å². The number of benzene rings is 1. The number of nitrogens with one attached hydrogen (secondary N) is 1. The molecule has 0 fully saturated rings. The number of anilines is 1. The lowest BCUT2D eigenvalue weighted by Gasteiger charge is -2.10. The summed E-state index contributed by atoms with van der Waals surface area (Å²) >= 11 is 7.94. The maximum Gasteiger partial charge on any atom is 0.229 e. The van der Waals surface area contributed by atoms with Gasteiger partial charge in [0.05, 0.1) is 17.0 Å². The Kier molecular flexibility index (Phi) is 4.21. The van der Waals surface area contributed by atoms with E-state index >= 15 is 0 Å². The van der Waals surface area contributed by atoms with E-state index < -0.39 is 10.0 Å². The van der Waals surface area contributed by atoms with E-state index in [0.717, 1.165) is 15.4 Å². The molecule has 0 aliphatic rings. The molecule has 0 radical (unpaired) electrons. The van der Waals surface area contributed by atoms with E-state index in [4.69, 9.17) is 17.3 Å². The van der Waals surface area contributed by atoms with Crippen molar-refractivity contribution in [3.63, 3.8) is 0 Å². The number of hydrogen-bond donors (Lipinski definition) is 2. The second kappa shape index (κ2) is 4.86. The molecule has 0 bridgehead atoms. The average molecular weight is 361 g/mol. The summed E-state index contributed by atoms with van der Waals surface area (Å²) in [7, 11) is -3.31. The lowest BCUT2D eigenvalue weighted by Crippen LogP contribution is -2.11. The molecule has 4 nitrogen and oxygen atoms in total. The molecule has 1 rings (SSSR count). The summed E-state index contributed by atoms with van der Waals surface area (Å²) in [5, 5.41) is 0.354. The van der Waals surface area contributed by atoms with E-state index in [1.807, 2.05) is 22.6 Å². The van der Waals surface area contributed by atoms with Gasteiger partial charge in [-0.15, -0.1) is 0 Å². The highest BCUT2D eigenvalue weighted by molar-refractivity contribution is 14.1. The Bertz CT molecular complexity index is 453. The summed E-state index contributed by atoms with van der Waals surface area (Å²) in [6, 6.07) is 3.44. The summed E-state index contributed by atoms with van der Waals surface area (Å²) in [4.78, 5) is 0. The molecule has 0 atom stereocenters. The molecule has 3 N–H and O–H groups in total. The molecule has 15 heavy (non-hydrogen) atoms. The fraction of sp³-hybridized carbons (Fsp3) is 0.250. The molecule has 84 valence electrons. The van der Waals surface area contributed by atoms with E-state index in [-0.39, 0.29) is 0 Å². The molecule has 0 aliphatic heterocycles. The van der Waals surface area contributed by atoms with Gasteiger partial charge in [0.1, 0.15) is 0 Å². The molecular formula is C8H10ClIN2O2S. The molecule has 0 aliphatic carbocycles. The van der Waals surface area contributed by atoms with Gasteiger partial charge in [0.15, 0.2) is 0 Å². The molecule has 0 heterocycles. The largest absolute Gasteiger partial charge is 0.326 e. The second-order valence-electron chi connectivity index (χ2n) is 3.01. The summed E-state index contributed by atoms with van der Waals surface area (Å²) in [6.45, 7) is 0.370. The van der Waals surface area contributed by atoms with Crippen LogP contribution >= 0.6 is 34.2 Å². The van der Waals surface area contributed by atoms with Gasteiger partial charge < -0.3 is 5.73 Å². The number of nitrogens with two attached hydrogens (primary N) is 1. The first-order chi connectivity index (χ1) is 6.83. The zero-order valence-corrected chi connectivity index (χ0v) is 11.6. The van der Waals surface area contributed by atoms with E-state index in [2.05, 4.69) is 4.72 Å². The Hall–Kier alpha value is -0.0500. The third-order valence-electron chi connectivity index (χ3n) is 1.63. The number of sulfonamides is 1. The number of halogens is 2. The molecule has 1 aromatic carbocycles. The molecule has 7 heteroatoms. The Labute approximate surface area is 107 Å². The predicted molar refractivity (Wildman–Crippen MR) is 70.5 cm³/mol. The Morgan fingerprint density at radius 3 is 2.53 bits per heavy atom. The normalized spacial score (nSPS) is 11.5. The lowest BCUT2D eigenvalue weighted by molar-refractivity contribution is 0.607. The van der Waals surface area contributed by atoms with Gasteiger partial charge in [0.2, 0.25) is 10.0 Å².